The molecule has 0 fully saturated rings. The molecule has 0 atom stereocenters. The maximum absolute atomic E-state index is 9.30. The topological polar surface area (TPSA) is 36.7 Å². The van der Waals surface area contributed by atoms with Crippen LogP contribution in [0.2, 0.25) is 0 Å². The first-order chi connectivity index (χ1) is 17.3. The van der Waals surface area contributed by atoms with Gasteiger partial charge in [-0.05, 0) is 62.5 Å². The van der Waals surface area contributed by atoms with Crippen molar-refractivity contribution in [2.75, 3.05) is 0 Å². The van der Waals surface area contributed by atoms with Crippen molar-refractivity contribution in [3.8, 4) is 28.3 Å². The summed E-state index contributed by atoms with van der Waals surface area (Å²) in [4.78, 5) is 4.25. The van der Waals surface area contributed by atoms with Gasteiger partial charge >= 0.3 is 0 Å². The van der Waals surface area contributed by atoms with Gasteiger partial charge < -0.3 is 0 Å². The van der Waals surface area contributed by atoms with Crippen molar-refractivity contribution >= 4 is 53.1 Å². The van der Waals surface area contributed by atoms with Crippen LogP contribution in [0.1, 0.15) is 5.56 Å². The molecular formula is C32H18N2S. The number of thiophene rings is 1. The fourth-order valence-electron chi connectivity index (χ4n) is 5.17. The molecule has 3 heteroatoms. The lowest BCUT2D eigenvalue weighted by molar-refractivity contribution is 1.30. The molecule has 35 heavy (non-hydrogen) atoms. The Kier molecular flexibility index (Phi) is 4.42. The number of fused-ring (bicyclic) bond motifs is 7. The Labute approximate surface area is 206 Å². The van der Waals surface area contributed by atoms with E-state index in [-0.39, 0.29) is 0 Å². The molecule has 2 nitrogen and oxygen atoms in total. The highest BCUT2D eigenvalue weighted by molar-refractivity contribution is 7.26. The molecule has 0 saturated heterocycles. The van der Waals surface area contributed by atoms with Crippen LogP contribution in [0.3, 0.4) is 0 Å². The lowest BCUT2D eigenvalue weighted by atomic mass is 9.92. The number of aromatic nitrogens is 1. The largest absolute Gasteiger partial charge is 0.263 e. The van der Waals surface area contributed by atoms with E-state index in [1.54, 1.807) is 6.20 Å². The summed E-state index contributed by atoms with van der Waals surface area (Å²) < 4.78 is 2.61. The van der Waals surface area contributed by atoms with Gasteiger partial charge in [-0.1, -0.05) is 72.8 Å². The van der Waals surface area contributed by atoms with Crippen LogP contribution >= 0.6 is 11.3 Å². The Hall–Kier alpha value is -4.52. The van der Waals surface area contributed by atoms with Crippen LogP contribution in [0.4, 0.5) is 0 Å². The van der Waals surface area contributed by atoms with Gasteiger partial charge in [0, 0.05) is 38.1 Å². The maximum Gasteiger partial charge on any atom is 0.101 e. The van der Waals surface area contributed by atoms with E-state index in [9.17, 15) is 5.26 Å². The molecule has 7 rings (SSSR count). The van der Waals surface area contributed by atoms with Crippen molar-refractivity contribution in [1.29, 1.82) is 5.26 Å². The molecule has 0 radical (unpaired) electrons. The minimum absolute atomic E-state index is 0.567. The molecule has 0 aliphatic heterocycles. The zero-order valence-electron chi connectivity index (χ0n) is 18.7. The van der Waals surface area contributed by atoms with E-state index < -0.39 is 0 Å². The number of rotatable bonds is 2. The van der Waals surface area contributed by atoms with E-state index in [4.69, 9.17) is 0 Å². The predicted molar refractivity (Wildman–Crippen MR) is 148 cm³/mol. The highest BCUT2D eigenvalue weighted by Crippen LogP contribution is 2.45. The first-order valence-electron chi connectivity index (χ1n) is 11.5. The summed E-state index contributed by atoms with van der Waals surface area (Å²) in [6.07, 6.45) is 3.41. The third-order valence-corrected chi connectivity index (χ3v) is 7.85. The molecule has 2 heterocycles. The Balaban J connectivity index is 1.53. The van der Waals surface area contributed by atoms with Gasteiger partial charge in [-0.2, -0.15) is 5.26 Å². The maximum atomic E-state index is 9.30. The van der Waals surface area contributed by atoms with Gasteiger partial charge in [0.15, 0.2) is 0 Å². The summed E-state index contributed by atoms with van der Waals surface area (Å²) in [6.45, 7) is 0. The van der Waals surface area contributed by atoms with Crippen molar-refractivity contribution in [3.05, 3.63) is 115 Å². The van der Waals surface area contributed by atoms with E-state index in [0.717, 1.165) is 16.7 Å². The molecule has 0 bridgehead atoms. The lowest BCUT2D eigenvalue weighted by Gasteiger charge is -2.11. The average molecular weight is 463 g/mol. The van der Waals surface area contributed by atoms with E-state index in [2.05, 4.69) is 102 Å². The highest BCUT2D eigenvalue weighted by Gasteiger charge is 2.15. The van der Waals surface area contributed by atoms with E-state index in [1.807, 2.05) is 23.6 Å². The smallest absolute Gasteiger partial charge is 0.101 e. The van der Waals surface area contributed by atoms with E-state index in [1.165, 1.54) is 47.3 Å². The first-order valence-corrected chi connectivity index (χ1v) is 12.3. The summed E-state index contributed by atoms with van der Waals surface area (Å²) in [5.74, 6) is 0. The molecule has 0 aliphatic carbocycles. The number of nitrogens with zero attached hydrogens (tertiary/aromatic N) is 2. The minimum atomic E-state index is 0.567. The molecule has 0 N–H and O–H groups in total. The summed E-state index contributed by atoms with van der Waals surface area (Å²) in [7, 11) is 0. The van der Waals surface area contributed by atoms with Gasteiger partial charge in [0.05, 0.1) is 5.56 Å². The standard InChI is InChI=1S/C32H18N2S/c33-17-20-14-24(19-34-18-20)22-7-5-8-23(15-22)28-16-30-32(27-11-4-3-10-26(27)28)31-25-9-2-1-6-21(25)12-13-29(31)35-30/h1-16,18-19H. The SMILES string of the molecule is N#Cc1cncc(-c2cccc(-c3cc4sc5ccc6ccccc6c5c4c4ccccc34)c2)c1. The highest BCUT2D eigenvalue weighted by atomic mass is 32.1. The molecule has 162 valence electrons. The molecule has 2 aromatic heterocycles. The van der Waals surface area contributed by atoms with Crippen LogP contribution in [-0.2, 0) is 0 Å². The summed E-state index contributed by atoms with van der Waals surface area (Å²) in [6, 6.07) is 36.8. The Morgan fingerprint density at radius 1 is 0.600 bits per heavy atom. The minimum Gasteiger partial charge on any atom is -0.263 e. The Bertz CT molecular complexity index is 1970. The molecule has 0 amide bonds. The summed E-state index contributed by atoms with van der Waals surface area (Å²) in [5, 5.41) is 17.1. The quantitative estimate of drug-likeness (QED) is 0.257. The second-order valence-electron chi connectivity index (χ2n) is 8.76. The molecule has 0 unspecified atom stereocenters. The summed E-state index contributed by atoms with van der Waals surface area (Å²) >= 11 is 1.86. The Morgan fingerprint density at radius 3 is 2.26 bits per heavy atom. The second-order valence-corrected chi connectivity index (χ2v) is 9.84. The summed E-state index contributed by atoms with van der Waals surface area (Å²) in [5.41, 5.74) is 4.95. The van der Waals surface area contributed by atoms with Crippen LogP contribution in [0.15, 0.2) is 109 Å². The number of benzene rings is 5. The molecule has 0 aliphatic rings. The number of pyridine rings is 1. The number of hydrogen-bond donors (Lipinski definition) is 0. The zero-order chi connectivity index (χ0) is 23.4. The fourth-order valence-corrected chi connectivity index (χ4v) is 6.34. The van der Waals surface area contributed by atoms with Crippen LogP contribution in [-0.4, -0.2) is 4.98 Å². The predicted octanol–water partition coefficient (Wildman–Crippen LogP) is 8.96. The second kappa shape index (κ2) is 7.77. The van der Waals surface area contributed by atoms with Gasteiger partial charge in [0.2, 0.25) is 0 Å². The van der Waals surface area contributed by atoms with Gasteiger partial charge in [-0.25, -0.2) is 0 Å². The van der Waals surface area contributed by atoms with Gasteiger partial charge in [-0.3, -0.25) is 4.98 Å². The third-order valence-electron chi connectivity index (χ3n) is 6.74. The number of hydrogen-bond acceptors (Lipinski definition) is 3. The van der Waals surface area contributed by atoms with Crippen LogP contribution in [0, 0.1) is 11.3 Å². The monoisotopic (exact) mass is 462 g/mol. The lowest BCUT2D eigenvalue weighted by Crippen LogP contribution is -1.86. The van der Waals surface area contributed by atoms with Crippen LogP contribution in [0.5, 0.6) is 0 Å². The molecular weight excluding hydrogens is 444 g/mol. The molecule has 0 spiro atoms. The van der Waals surface area contributed by atoms with Gasteiger partial charge in [0.25, 0.3) is 0 Å². The normalized spacial score (nSPS) is 11.4. The van der Waals surface area contributed by atoms with Crippen molar-refractivity contribution in [3.63, 3.8) is 0 Å². The van der Waals surface area contributed by atoms with E-state index >= 15 is 0 Å². The molecule has 0 saturated carbocycles. The Morgan fingerprint density at radius 2 is 1.37 bits per heavy atom. The van der Waals surface area contributed by atoms with Gasteiger partial charge in [0.1, 0.15) is 6.07 Å². The first kappa shape index (κ1) is 19.9. The van der Waals surface area contributed by atoms with Gasteiger partial charge in [-0.15, -0.1) is 11.3 Å². The fraction of sp³-hybridized carbons (Fsp3) is 0. The number of nitriles is 1. The van der Waals surface area contributed by atoms with Crippen LogP contribution < -0.4 is 0 Å². The van der Waals surface area contributed by atoms with E-state index in [0.29, 0.717) is 5.56 Å². The van der Waals surface area contributed by atoms with Crippen molar-refractivity contribution < 1.29 is 0 Å². The van der Waals surface area contributed by atoms with Crippen molar-refractivity contribution in [2.24, 2.45) is 0 Å². The van der Waals surface area contributed by atoms with Crippen molar-refractivity contribution in [2.45, 2.75) is 0 Å². The third kappa shape index (κ3) is 3.12. The van der Waals surface area contributed by atoms with Crippen molar-refractivity contribution in [1.82, 2.24) is 4.98 Å². The molecule has 5 aromatic carbocycles. The zero-order valence-corrected chi connectivity index (χ0v) is 19.5. The van der Waals surface area contributed by atoms with Crippen LogP contribution in [0.25, 0.3) is 64.0 Å². The average Bonchev–Trinajstić information content (AvgIpc) is 3.32. The molecule has 7 aromatic rings.